The number of nitrogens with zero attached hydrogens (tertiary/aromatic N) is 1. The van der Waals surface area contributed by atoms with E-state index in [1.165, 1.54) is 23.9 Å². The zero-order chi connectivity index (χ0) is 9.14. The minimum atomic E-state index is -1.07. The number of imide groups is 1. The normalized spacial score (nSPS) is 22.0. The molecule has 1 aliphatic rings. The predicted molar refractivity (Wildman–Crippen MR) is 45.4 cm³/mol. The highest BCUT2D eigenvalue weighted by Crippen LogP contribution is 2.10. The number of aliphatic hydroxyl groups excluding tert-OH is 1. The maximum Gasteiger partial charge on any atom is 0.255 e. The number of amides is 2. The van der Waals surface area contributed by atoms with Crippen LogP contribution in [-0.4, -0.2) is 40.1 Å². The van der Waals surface area contributed by atoms with E-state index in [2.05, 4.69) is 0 Å². The van der Waals surface area contributed by atoms with E-state index in [-0.39, 0.29) is 11.7 Å². The van der Waals surface area contributed by atoms with Crippen molar-refractivity contribution >= 4 is 23.6 Å². The summed E-state index contributed by atoms with van der Waals surface area (Å²) in [4.78, 5) is 22.9. The van der Waals surface area contributed by atoms with Crippen molar-refractivity contribution < 1.29 is 14.7 Å². The molecule has 0 bridgehead atoms. The van der Waals surface area contributed by atoms with Gasteiger partial charge in [-0.1, -0.05) is 0 Å². The molecule has 5 heteroatoms. The average molecular weight is 187 g/mol. The van der Waals surface area contributed by atoms with Crippen LogP contribution in [0, 0.1) is 0 Å². The van der Waals surface area contributed by atoms with Gasteiger partial charge in [-0.25, -0.2) is 4.90 Å². The van der Waals surface area contributed by atoms with Gasteiger partial charge < -0.3 is 5.11 Å². The minimum Gasteiger partial charge on any atom is -0.369 e. The first kappa shape index (κ1) is 9.28. The Hall–Kier alpha value is -0.810. The van der Waals surface area contributed by atoms with Crippen molar-refractivity contribution in [1.29, 1.82) is 0 Å². The summed E-state index contributed by atoms with van der Waals surface area (Å²) in [5.74, 6) is -0.587. The van der Waals surface area contributed by atoms with Gasteiger partial charge in [0.25, 0.3) is 5.91 Å². The van der Waals surface area contributed by atoms with Crippen LogP contribution in [0.3, 0.4) is 0 Å². The number of carbonyl (C=O) groups excluding carboxylic acids is 2. The lowest BCUT2D eigenvalue weighted by molar-refractivity contribution is -0.146. The lowest BCUT2D eigenvalue weighted by Gasteiger charge is -2.17. The average Bonchev–Trinajstić information content (AvgIpc) is 2.32. The fraction of sp³-hybridized carbons (Fsp3) is 0.429. The lowest BCUT2D eigenvalue weighted by atomic mass is 10.5. The molecule has 0 aromatic carbocycles. The molecule has 4 nitrogen and oxygen atoms in total. The molecule has 1 atom stereocenters. The van der Waals surface area contributed by atoms with Crippen LogP contribution in [0.1, 0.15) is 0 Å². The summed E-state index contributed by atoms with van der Waals surface area (Å²) < 4.78 is 0. The summed E-state index contributed by atoms with van der Waals surface area (Å²) in [5, 5.41) is 9.14. The van der Waals surface area contributed by atoms with Gasteiger partial charge >= 0.3 is 0 Å². The van der Waals surface area contributed by atoms with Gasteiger partial charge in [-0.3, -0.25) is 9.59 Å². The number of thioether (sulfide) groups is 1. The third-order valence-corrected chi connectivity index (χ3v) is 1.99. The van der Waals surface area contributed by atoms with E-state index >= 15 is 0 Å². The third-order valence-electron chi connectivity index (χ3n) is 1.45. The molecule has 2 amide bonds. The van der Waals surface area contributed by atoms with Crippen molar-refractivity contribution in [2.75, 3.05) is 12.0 Å². The van der Waals surface area contributed by atoms with Crippen LogP contribution in [0.15, 0.2) is 12.2 Å². The van der Waals surface area contributed by atoms with Gasteiger partial charge in [0.05, 0.1) is 5.75 Å². The maximum absolute atomic E-state index is 11.2. The van der Waals surface area contributed by atoms with Crippen LogP contribution in [-0.2, 0) is 9.59 Å². The summed E-state index contributed by atoms with van der Waals surface area (Å²) in [6.07, 6.45) is 3.18. The number of aliphatic hydroxyl groups is 1. The standard InChI is InChI=1S/C7H9NO3S/c1-12-4-7(11)8-5(9)2-3-6(8)10/h2-3,5,9H,4H2,1H3. The fourth-order valence-electron chi connectivity index (χ4n) is 0.929. The summed E-state index contributed by atoms with van der Waals surface area (Å²) >= 11 is 1.32. The van der Waals surface area contributed by atoms with Gasteiger partial charge in [0.2, 0.25) is 5.91 Å². The first-order valence-electron chi connectivity index (χ1n) is 3.38. The zero-order valence-electron chi connectivity index (χ0n) is 6.56. The molecule has 0 aliphatic carbocycles. The molecule has 0 saturated heterocycles. The molecule has 66 valence electrons. The van der Waals surface area contributed by atoms with E-state index in [9.17, 15) is 9.59 Å². The van der Waals surface area contributed by atoms with Crippen LogP contribution in [0.2, 0.25) is 0 Å². The Morgan fingerprint density at radius 2 is 2.50 bits per heavy atom. The summed E-state index contributed by atoms with van der Waals surface area (Å²) in [6, 6.07) is 0. The molecular formula is C7H9NO3S. The molecule has 0 aromatic rings. The molecule has 12 heavy (non-hydrogen) atoms. The van der Waals surface area contributed by atoms with Crippen molar-refractivity contribution in [3.63, 3.8) is 0 Å². The molecule has 1 unspecified atom stereocenters. The highest BCUT2D eigenvalue weighted by molar-refractivity contribution is 7.99. The number of rotatable bonds is 2. The quantitative estimate of drug-likeness (QED) is 0.638. The number of hydrogen-bond acceptors (Lipinski definition) is 4. The smallest absolute Gasteiger partial charge is 0.255 e. The SMILES string of the molecule is CSCC(=O)N1C(=O)C=CC1O. The molecular weight excluding hydrogens is 178 g/mol. The van der Waals surface area contributed by atoms with Crippen molar-refractivity contribution in [3.05, 3.63) is 12.2 Å². The van der Waals surface area contributed by atoms with Crippen molar-refractivity contribution in [1.82, 2.24) is 4.90 Å². The van der Waals surface area contributed by atoms with E-state index in [0.717, 1.165) is 4.90 Å². The van der Waals surface area contributed by atoms with Gasteiger partial charge in [-0.15, -0.1) is 0 Å². The lowest BCUT2D eigenvalue weighted by Crippen LogP contribution is -2.40. The van der Waals surface area contributed by atoms with E-state index in [4.69, 9.17) is 5.11 Å². The van der Waals surface area contributed by atoms with Crippen LogP contribution in [0.25, 0.3) is 0 Å². The van der Waals surface area contributed by atoms with Gasteiger partial charge in [0.15, 0.2) is 6.23 Å². The molecule has 0 aromatic heterocycles. The Balaban J connectivity index is 2.63. The maximum atomic E-state index is 11.2. The monoisotopic (exact) mass is 187 g/mol. The second kappa shape index (κ2) is 3.73. The van der Waals surface area contributed by atoms with Gasteiger partial charge in [0.1, 0.15) is 0 Å². The summed E-state index contributed by atoms with van der Waals surface area (Å²) in [5.41, 5.74) is 0. The first-order chi connectivity index (χ1) is 5.66. The Labute approximate surface area is 74.2 Å². The second-order valence-corrected chi connectivity index (χ2v) is 3.17. The van der Waals surface area contributed by atoms with Crippen LogP contribution in [0.5, 0.6) is 0 Å². The van der Waals surface area contributed by atoms with Crippen LogP contribution < -0.4 is 0 Å². The molecule has 1 heterocycles. The number of hydrogen-bond donors (Lipinski definition) is 1. The van der Waals surface area contributed by atoms with Crippen molar-refractivity contribution in [2.24, 2.45) is 0 Å². The molecule has 0 fully saturated rings. The first-order valence-corrected chi connectivity index (χ1v) is 4.77. The summed E-state index contributed by atoms with van der Waals surface area (Å²) in [6.45, 7) is 0. The molecule has 0 radical (unpaired) electrons. The van der Waals surface area contributed by atoms with E-state index in [1.807, 2.05) is 0 Å². The zero-order valence-corrected chi connectivity index (χ0v) is 7.37. The van der Waals surface area contributed by atoms with Gasteiger partial charge in [0, 0.05) is 6.08 Å². The molecule has 1 rings (SSSR count). The largest absolute Gasteiger partial charge is 0.369 e. The van der Waals surface area contributed by atoms with Crippen LogP contribution >= 0.6 is 11.8 Å². The topological polar surface area (TPSA) is 57.6 Å². The van der Waals surface area contributed by atoms with Crippen LogP contribution in [0.4, 0.5) is 0 Å². The molecule has 0 spiro atoms. The molecule has 1 N–H and O–H groups in total. The number of carbonyl (C=O) groups is 2. The van der Waals surface area contributed by atoms with E-state index in [1.54, 1.807) is 6.26 Å². The Morgan fingerprint density at radius 1 is 1.83 bits per heavy atom. The second-order valence-electron chi connectivity index (χ2n) is 2.31. The molecule has 0 saturated carbocycles. The van der Waals surface area contributed by atoms with Gasteiger partial charge in [-0.05, 0) is 12.3 Å². The fourth-order valence-corrected chi connectivity index (χ4v) is 1.31. The summed E-state index contributed by atoms with van der Waals surface area (Å²) in [7, 11) is 0. The highest BCUT2D eigenvalue weighted by Gasteiger charge is 2.29. The Morgan fingerprint density at radius 3 is 2.92 bits per heavy atom. The predicted octanol–water partition coefficient (Wildman–Crippen LogP) is -0.407. The Bertz CT molecular complexity index is 239. The van der Waals surface area contributed by atoms with E-state index in [0.29, 0.717) is 0 Å². The van der Waals surface area contributed by atoms with E-state index < -0.39 is 12.1 Å². The van der Waals surface area contributed by atoms with Crippen molar-refractivity contribution in [2.45, 2.75) is 6.23 Å². The Kier molecular flexibility index (Phi) is 2.88. The molecule has 1 aliphatic heterocycles. The van der Waals surface area contributed by atoms with Gasteiger partial charge in [-0.2, -0.15) is 11.8 Å². The highest BCUT2D eigenvalue weighted by atomic mass is 32.2. The third kappa shape index (κ3) is 1.67. The minimum absolute atomic E-state index is 0.213. The van der Waals surface area contributed by atoms with Crippen molar-refractivity contribution in [3.8, 4) is 0 Å².